The molecule has 3 aromatic carbocycles. The maximum atomic E-state index is 12.8. The van der Waals surface area contributed by atoms with Crippen molar-refractivity contribution in [2.75, 3.05) is 0 Å². The largest absolute Gasteiger partial charge is 0.487 e. The van der Waals surface area contributed by atoms with Crippen molar-refractivity contribution in [3.8, 4) is 5.75 Å². The van der Waals surface area contributed by atoms with Crippen LogP contribution in [0.15, 0.2) is 60.7 Å². The van der Waals surface area contributed by atoms with Crippen molar-refractivity contribution in [2.24, 2.45) is 5.92 Å². The zero-order valence-electron chi connectivity index (χ0n) is 17.9. The van der Waals surface area contributed by atoms with E-state index in [9.17, 15) is 25.0 Å². The zero-order valence-corrected chi connectivity index (χ0v) is 17.9. The highest BCUT2D eigenvalue weighted by molar-refractivity contribution is 5.91. The molecule has 1 saturated carbocycles. The maximum absolute atomic E-state index is 12.8. The molecule has 0 unspecified atom stereocenters. The van der Waals surface area contributed by atoms with E-state index in [1.807, 2.05) is 42.5 Å². The summed E-state index contributed by atoms with van der Waals surface area (Å²) in [5, 5.41) is 24.4. The summed E-state index contributed by atoms with van der Waals surface area (Å²) >= 11 is 0. The van der Waals surface area contributed by atoms with Gasteiger partial charge < -0.3 is 9.47 Å². The number of non-ortho nitro benzene ring substituents is 2. The second-order valence-corrected chi connectivity index (χ2v) is 8.28. The van der Waals surface area contributed by atoms with E-state index in [1.54, 1.807) is 0 Å². The maximum Gasteiger partial charge on any atom is 0.339 e. The summed E-state index contributed by atoms with van der Waals surface area (Å²) < 4.78 is 11.9. The molecule has 3 aromatic rings. The number of ether oxygens (including phenoxy) is 2. The van der Waals surface area contributed by atoms with Gasteiger partial charge in [0.05, 0.1) is 21.5 Å². The molecule has 1 fully saturated rings. The third-order valence-electron chi connectivity index (χ3n) is 5.82. The lowest BCUT2D eigenvalue weighted by molar-refractivity contribution is -0.394. The highest BCUT2D eigenvalue weighted by atomic mass is 16.6. The number of nitrogens with zero attached hydrogens (tertiary/aromatic N) is 2. The number of carbonyl (C=O) groups excluding carboxylic acids is 1. The molecular weight excluding hydrogens is 428 g/mol. The van der Waals surface area contributed by atoms with Gasteiger partial charge in [0.1, 0.15) is 18.0 Å². The van der Waals surface area contributed by atoms with Crippen molar-refractivity contribution in [2.45, 2.75) is 38.4 Å². The summed E-state index contributed by atoms with van der Waals surface area (Å²) in [5.74, 6) is 0.164. The molecule has 0 heterocycles. The summed E-state index contributed by atoms with van der Waals surface area (Å²) in [6, 6.07) is 16.4. The number of hydrogen-bond acceptors (Lipinski definition) is 7. The summed E-state index contributed by atoms with van der Waals surface area (Å²) in [4.78, 5) is 33.5. The van der Waals surface area contributed by atoms with Crippen LogP contribution in [0.25, 0.3) is 10.8 Å². The van der Waals surface area contributed by atoms with Gasteiger partial charge in [0, 0.05) is 12.1 Å². The third-order valence-corrected chi connectivity index (χ3v) is 5.82. The van der Waals surface area contributed by atoms with Gasteiger partial charge in [-0.2, -0.15) is 0 Å². The molecule has 9 nitrogen and oxygen atoms in total. The molecule has 0 bridgehead atoms. The van der Waals surface area contributed by atoms with Crippen LogP contribution in [0, 0.1) is 26.1 Å². The second kappa shape index (κ2) is 9.23. The zero-order chi connectivity index (χ0) is 23.5. The van der Waals surface area contributed by atoms with E-state index in [0.29, 0.717) is 24.5 Å². The van der Waals surface area contributed by atoms with Crippen LogP contribution in [0.4, 0.5) is 11.4 Å². The lowest BCUT2D eigenvalue weighted by atomic mass is 9.86. The first-order valence-electron chi connectivity index (χ1n) is 10.6. The van der Waals surface area contributed by atoms with E-state index >= 15 is 0 Å². The molecule has 0 aliphatic heterocycles. The quantitative estimate of drug-likeness (QED) is 0.278. The van der Waals surface area contributed by atoms with Crippen molar-refractivity contribution in [1.82, 2.24) is 0 Å². The molecule has 0 spiro atoms. The Kier molecular flexibility index (Phi) is 6.21. The minimum absolute atomic E-state index is 0.237. The standard InChI is InChI=1S/C24H22N2O7/c1-15-6-9-22(23(10-15)32-21-8-7-16-4-2-3-5-17(16)13-21)33-24(27)18-11-19(25(28)29)14-20(12-18)26(30)31/h2-5,7-8,11-15,22-23H,6,9-10H2,1H3/t15-,22+,23+/m1/s1. The number of hydrogen-bond donors (Lipinski definition) is 0. The second-order valence-electron chi connectivity index (χ2n) is 8.28. The fourth-order valence-corrected chi connectivity index (χ4v) is 4.10. The van der Waals surface area contributed by atoms with Crippen LogP contribution in [0.3, 0.4) is 0 Å². The summed E-state index contributed by atoms with van der Waals surface area (Å²) in [6.07, 6.45) is 1.05. The number of benzene rings is 3. The number of esters is 1. The Morgan fingerprint density at radius 3 is 2.21 bits per heavy atom. The molecule has 1 aliphatic carbocycles. The number of rotatable bonds is 6. The van der Waals surface area contributed by atoms with Crippen LogP contribution in [0.2, 0.25) is 0 Å². The lowest BCUT2D eigenvalue weighted by Crippen LogP contribution is -2.40. The lowest BCUT2D eigenvalue weighted by Gasteiger charge is -2.34. The van der Waals surface area contributed by atoms with E-state index in [-0.39, 0.29) is 5.56 Å². The van der Waals surface area contributed by atoms with Gasteiger partial charge in [-0.25, -0.2) is 4.79 Å². The van der Waals surface area contributed by atoms with Crippen LogP contribution in [0.1, 0.15) is 36.5 Å². The molecule has 4 rings (SSSR count). The van der Waals surface area contributed by atoms with Gasteiger partial charge in [0.15, 0.2) is 0 Å². The molecule has 9 heteroatoms. The molecule has 0 N–H and O–H groups in total. The van der Waals surface area contributed by atoms with E-state index < -0.39 is 39.4 Å². The molecule has 170 valence electrons. The Morgan fingerprint density at radius 2 is 1.55 bits per heavy atom. The topological polar surface area (TPSA) is 122 Å². The molecule has 0 amide bonds. The Labute approximate surface area is 189 Å². The minimum Gasteiger partial charge on any atom is -0.487 e. The van der Waals surface area contributed by atoms with Gasteiger partial charge in [-0.15, -0.1) is 0 Å². The molecule has 1 aliphatic rings. The van der Waals surface area contributed by atoms with Gasteiger partial charge in [0.25, 0.3) is 11.4 Å². The van der Waals surface area contributed by atoms with Gasteiger partial charge in [-0.3, -0.25) is 20.2 Å². The molecule has 3 atom stereocenters. The first-order chi connectivity index (χ1) is 15.8. The fraction of sp³-hybridized carbons (Fsp3) is 0.292. The molecular formula is C24H22N2O7. The minimum atomic E-state index is -0.853. The van der Waals surface area contributed by atoms with Crippen molar-refractivity contribution >= 4 is 28.1 Å². The van der Waals surface area contributed by atoms with Crippen LogP contribution in [-0.4, -0.2) is 28.0 Å². The van der Waals surface area contributed by atoms with E-state index in [4.69, 9.17) is 9.47 Å². The van der Waals surface area contributed by atoms with E-state index in [0.717, 1.165) is 35.4 Å². The smallest absolute Gasteiger partial charge is 0.339 e. The average molecular weight is 450 g/mol. The Morgan fingerprint density at radius 1 is 0.879 bits per heavy atom. The van der Waals surface area contributed by atoms with Crippen LogP contribution < -0.4 is 4.74 Å². The predicted molar refractivity (Wildman–Crippen MR) is 120 cm³/mol. The Bertz CT molecular complexity index is 1190. The van der Waals surface area contributed by atoms with Gasteiger partial charge in [0.2, 0.25) is 0 Å². The van der Waals surface area contributed by atoms with E-state index in [2.05, 4.69) is 6.92 Å². The van der Waals surface area contributed by atoms with Crippen LogP contribution >= 0.6 is 0 Å². The van der Waals surface area contributed by atoms with Crippen molar-refractivity contribution in [1.29, 1.82) is 0 Å². The van der Waals surface area contributed by atoms with Crippen LogP contribution in [0.5, 0.6) is 5.75 Å². The van der Waals surface area contributed by atoms with Gasteiger partial charge in [-0.1, -0.05) is 37.3 Å². The summed E-state index contributed by atoms with van der Waals surface area (Å²) in [6.45, 7) is 2.10. The van der Waals surface area contributed by atoms with Crippen molar-refractivity contribution < 1.29 is 24.1 Å². The van der Waals surface area contributed by atoms with Crippen LogP contribution in [-0.2, 0) is 4.74 Å². The third kappa shape index (κ3) is 5.08. The number of fused-ring (bicyclic) bond motifs is 1. The highest BCUT2D eigenvalue weighted by Gasteiger charge is 2.34. The highest BCUT2D eigenvalue weighted by Crippen LogP contribution is 2.32. The fourth-order valence-electron chi connectivity index (χ4n) is 4.10. The van der Waals surface area contributed by atoms with Crippen molar-refractivity contribution in [3.05, 3.63) is 86.5 Å². The molecule has 0 aromatic heterocycles. The first-order valence-corrected chi connectivity index (χ1v) is 10.6. The van der Waals surface area contributed by atoms with Gasteiger partial charge in [-0.05, 0) is 48.1 Å². The Balaban J connectivity index is 1.55. The molecule has 0 radical (unpaired) electrons. The number of nitro benzene ring substituents is 2. The van der Waals surface area contributed by atoms with E-state index in [1.165, 1.54) is 0 Å². The van der Waals surface area contributed by atoms with Crippen molar-refractivity contribution in [3.63, 3.8) is 0 Å². The normalized spacial score (nSPS) is 20.2. The monoisotopic (exact) mass is 450 g/mol. The number of carbonyl (C=O) groups is 1. The molecule has 0 saturated heterocycles. The first kappa shape index (κ1) is 22.2. The summed E-state index contributed by atoms with van der Waals surface area (Å²) in [5.41, 5.74) is -1.33. The average Bonchev–Trinajstić information content (AvgIpc) is 2.80. The molecule has 33 heavy (non-hydrogen) atoms. The summed E-state index contributed by atoms with van der Waals surface area (Å²) in [7, 11) is 0. The number of nitro groups is 2. The predicted octanol–water partition coefficient (Wildman–Crippen LogP) is 5.45. The SMILES string of the molecule is C[C@@H]1CC[C@H](OC(=O)c2cc([N+](=O)[O-])cc([N+](=O)[O-])c2)[C@@H](Oc2ccc3ccccc3c2)C1. The van der Waals surface area contributed by atoms with Gasteiger partial charge >= 0.3 is 5.97 Å². The Hall–Kier alpha value is -4.01.